The molecule has 8 nitrogen and oxygen atoms in total. The minimum absolute atomic E-state index is 0.335. The molecule has 0 saturated carbocycles. The van der Waals surface area contributed by atoms with Crippen LogP contribution in [-0.2, 0) is 11.2 Å². The number of halogens is 1. The molecule has 31 heavy (non-hydrogen) atoms. The van der Waals surface area contributed by atoms with E-state index in [-0.39, 0.29) is 0 Å². The van der Waals surface area contributed by atoms with Crippen molar-refractivity contribution < 1.29 is 9.53 Å². The molecule has 1 aromatic carbocycles. The number of aromatic nitrogens is 3. The summed E-state index contributed by atoms with van der Waals surface area (Å²) in [5, 5.41) is 6.08. The third kappa shape index (κ3) is 5.28. The van der Waals surface area contributed by atoms with Gasteiger partial charge in [0.05, 0.1) is 53.9 Å². The average molecular weight is 439 g/mol. The summed E-state index contributed by atoms with van der Waals surface area (Å²) in [4.78, 5) is 27.5. The van der Waals surface area contributed by atoms with Gasteiger partial charge in [0.25, 0.3) is 0 Å². The van der Waals surface area contributed by atoms with Gasteiger partial charge in [-0.3, -0.25) is 15.3 Å². The summed E-state index contributed by atoms with van der Waals surface area (Å²) in [5.41, 5.74) is 3.96. The second-order valence-corrected chi connectivity index (χ2v) is 7.43. The van der Waals surface area contributed by atoms with Crippen LogP contribution in [0.2, 0.25) is 5.02 Å². The molecule has 3 aromatic rings. The monoisotopic (exact) mass is 438 g/mol. The predicted octanol–water partition coefficient (Wildman–Crippen LogP) is 4.24. The maximum Gasteiger partial charge on any atom is 0.324 e. The maximum absolute atomic E-state index is 12.3. The van der Waals surface area contributed by atoms with Gasteiger partial charge in [-0.2, -0.15) is 0 Å². The summed E-state index contributed by atoms with van der Waals surface area (Å²) in [5.74, 6) is 0.335. The summed E-state index contributed by atoms with van der Waals surface area (Å²) in [6.07, 6.45) is 5.59. The molecule has 0 aliphatic carbocycles. The van der Waals surface area contributed by atoms with Crippen LogP contribution in [-0.4, -0.2) is 47.3 Å². The Hall–Kier alpha value is -3.23. The summed E-state index contributed by atoms with van der Waals surface area (Å²) >= 11 is 6.53. The van der Waals surface area contributed by atoms with E-state index < -0.39 is 6.03 Å². The van der Waals surface area contributed by atoms with E-state index in [0.717, 1.165) is 36.5 Å². The molecule has 1 saturated heterocycles. The first kappa shape index (κ1) is 21.0. The van der Waals surface area contributed by atoms with Crippen LogP contribution < -0.4 is 15.5 Å². The molecule has 3 heterocycles. The average Bonchev–Trinajstić information content (AvgIpc) is 2.80. The highest BCUT2D eigenvalue weighted by molar-refractivity contribution is 6.33. The van der Waals surface area contributed by atoms with Crippen LogP contribution in [0.1, 0.15) is 12.6 Å². The zero-order valence-electron chi connectivity index (χ0n) is 17.1. The van der Waals surface area contributed by atoms with Gasteiger partial charge >= 0.3 is 6.03 Å². The Morgan fingerprint density at radius 2 is 1.97 bits per heavy atom. The normalized spacial score (nSPS) is 13.7. The minimum atomic E-state index is -0.418. The van der Waals surface area contributed by atoms with Gasteiger partial charge in [0, 0.05) is 24.3 Å². The zero-order chi connectivity index (χ0) is 21.6. The van der Waals surface area contributed by atoms with E-state index in [2.05, 4.69) is 30.5 Å². The van der Waals surface area contributed by atoms with Crippen molar-refractivity contribution in [2.45, 2.75) is 13.3 Å². The number of urea groups is 1. The number of rotatable bonds is 5. The summed E-state index contributed by atoms with van der Waals surface area (Å²) in [7, 11) is 0. The van der Waals surface area contributed by atoms with Crippen molar-refractivity contribution >= 4 is 34.8 Å². The number of anilines is 3. The summed E-state index contributed by atoms with van der Waals surface area (Å²) in [6.45, 7) is 5.03. The molecule has 0 bridgehead atoms. The molecule has 160 valence electrons. The van der Waals surface area contributed by atoms with Crippen molar-refractivity contribution in [1.82, 2.24) is 15.0 Å². The number of carbonyl (C=O) groups is 1. The van der Waals surface area contributed by atoms with Crippen LogP contribution in [0.4, 0.5) is 22.0 Å². The fourth-order valence-corrected chi connectivity index (χ4v) is 3.58. The highest BCUT2D eigenvalue weighted by atomic mass is 35.5. The lowest BCUT2D eigenvalue weighted by Gasteiger charge is -2.29. The van der Waals surface area contributed by atoms with Crippen LogP contribution >= 0.6 is 11.6 Å². The Morgan fingerprint density at radius 1 is 1.13 bits per heavy atom. The second kappa shape index (κ2) is 9.72. The van der Waals surface area contributed by atoms with Crippen molar-refractivity contribution in [1.29, 1.82) is 0 Å². The van der Waals surface area contributed by atoms with E-state index >= 15 is 0 Å². The van der Waals surface area contributed by atoms with Gasteiger partial charge in [-0.05, 0) is 30.7 Å². The van der Waals surface area contributed by atoms with E-state index in [1.165, 1.54) is 6.20 Å². The van der Waals surface area contributed by atoms with Crippen molar-refractivity contribution in [2.75, 3.05) is 41.8 Å². The Balaban J connectivity index is 1.45. The highest BCUT2D eigenvalue weighted by Crippen LogP contribution is 2.31. The van der Waals surface area contributed by atoms with E-state index in [1.54, 1.807) is 12.4 Å². The number of nitrogens with one attached hydrogen (secondary N) is 2. The van der Waals surface area contributed by atoms with Crippen molar-refractivity contribution in [2.24, 2.45) is 0 Å². The van der Waals surface area contributed by atoms with Crippen molar-refractivity contribution in [3.63, 3.8) is 0 Å². The lowest BCUT2D eigenvalue weighted by molar-refractivity contribution is 0.122. The molecular formula is C22H23ClN6O2. The Labute approximate surface area is 185 Å². The number of carbonyl (C=O) groups excluding carboxylic acids is 1. The van der Waals surface area contributed by atoms with Gasteiger partial charge in [-0.1, -0.05) is 24.6 Å². The fourth-order valence-electron chi connectivity index (χ4n) is 3.28. The Morgan fingerprint density at radius 3 is 2.68 bits per heavy atom. The van der Waals surface area contributed by atoms with Gasteiger partial charge in [0.2, 0.25) is 0 Å². The lowest BCUT2D eigenvalue weighted by atomic mass is 10.1. The topological polar surface area (TPSA) is 92.3 Å². The third-order valence-corrected chi connectivity index (χ3v) is 5.22. The first-order chi connectivity index (χ1) is 15.1. The standard InChI is InChI=1S/C22H23ClN6O2/c1-2-16-4-5-17(12-25-16)26-22(30)28-21-14-24-13-19(27-21)15-3-6-20(18(23)11-15)29-7-9-31-10-8-29/h3-6,11-14H,2,7-10H2,1H3,(H2,26,27,28,30). The van der Waals surface area contributed by atoms with Gasteiger partial charge in [0.15, 0.2) is 5.82 Å². The predicted molar refractivity (Wildman–Crippen MR) is 122 cm³/mol. The summed E-state index contributed by atoms with van der Waals surface area (Å²) < 4.78 is 5.40. The fraction of sp³-hybridized carbons (Fsp3) is 0.273. The largest absolute Gasteiger partial charge is 0.378 e. The van der Waals surface area contributed by atoms with Crippen LogP contribution in [0.3, 0.4) is 0 Å². The summed E-state index contributed by atoms with van der Waals surface area (Å²) in [6, 6.07) is 9.06. The number of aryl methyl sites for hydroxylation is 1. The third-order valence-electron chi connectivity index (χ3n) is 4.92. The van der Waals surface area contributed by atoms with E-state index in [4.69, 9.17) is 16.3 Å². The molecule has 1 fully saturated rings. The molecule has 0 radical (unpaired) electrons. The van der Waals surface area contributed by atoms with E-state index in [0.29, 0.717) is 35.4 Å². The molecule has 1 aliphatic rings. The van der Waals surface area contributed by atoms with Crippen LogP contribution in [0.5, 0.6) is 0 Å². The van der Waals surface area contributed by atoms with Gasteiger partial charge in [-0.25, -0.2) is 9.78 Å². The highest BCUT2D eigenvalue weighted by Gasteiger charge is 2.15. The smallest absolute Gasteiger partial charge is 0.324 e. The zero-order valence-corrected chi connectivity index (χ0v) is 17.9. The number of benzene rings is 1. The molecule has 0 atom stereocenters. The van der Waals surface area contributed by atoms with Crippen molar-refractivity contribution in [3.8, 4) is 11.3 Å². The van der Waals surface area contributed by atoms with Gasteiger partial charge < -0.3 is 15.0 Å². The number of ether oxygens (including phenoxy) is 1. The Bertz CT molecular complexity index is 1050. The molecule has 2 amide bonds. The van der Waals surface area contributed by atoms with Gasteiger partial charge in [0.1, 0.15) is 0 Å². The molecule has 1 aliphatic heterocycles. The number of hydrogen-bond acceptors (Lipinski definition) is 6. The molecule has 4 rings (SSSR count). The first-order valence-electron chi connectivity index (χ1n) is 10.1. The van der Waals surface area contributed by atoms with E-state index in [1.807, 2.05) is 37.3 Å². The first-order valence-corrected chi connectivity index (χ1v) is 10.5. The maximum atomic E-state index is 12.3. The number of amides is 2. The molecule has 2 N–H and O–H groups in total. The Kier molecular flexibility index (Phi) is 6.59. The van der Waals surface area contributed by atoms with Crippen LogP contribution in [0.15, 0.2) is 48.9 Å². The van der Waals surface area contributed by atoms with E-state index in [9.17, 15) is 4.79 Å². The lowest BCUT2D eigenvalue weighted by Crippen LogP contribution is -2.36. The quantitative estimate of drug-likeness (QED) is 0.619. The number of morpholine rings is 1. The molecule has 9 heteroatoms. The van der Waals surface area contributed by atoms with Gasteiger partial charge in [-0.15, -0.1) is 0 Å². The van der Waals surface area contributed by atoms with Crippen LogP contribution in [0.25, 0.3) is 11.3 Å². The number of pyridine rings is 1. The number of hydrogen-bond donors (Lipinski definition) is 2. The molecule has 0 unspecified atom stereocenters. The number of nitrogens with zero attached hydrogens (tertiary/aromatic N) is 4. The minimum Gasteiger partial charge on any atom is -0.378 e. The SMILES string of the molecule is CCc1ccc(NC(=O)Nc2cncc(-c3ccc(N4CCOCC4)c(Cl)c3)n2)cn1. The molecule has 0 spiro atoms. The van der Waals surface area contributed by atoms with Crippen molar-refractivity contribution in [3.05, 3.63) is 59.6 Å². The molecule has 2 aromatic heterocycles. The second-order valence-electron chi connectivity index (χ2n) is 7.03. The van der Waals surface area contributed by atoms with Crippen LogP contribution in [0, 0.1) is 0 Å². The molecular weight excluding hydrogens is 416 g/mol.